The van der Waals surface area contributed by atoms with Gasteiger partial charge >= 0.3 is 0 Å². The first kappa shape index (κ1) is 9.99. The minimum atomic E-state index is 0.218. The number of halogens is 1. The Morgan fingerprint density at radius 1 is 1.20 bits per heavy atom. The summed E-state index contributed by atoms with van der Waals surface area (Å²) >= 11 is 5.89. The highest BCUT2D eigenvalue weighted by atomic mass is 35.5. The molecule has 1 aromatic carbocycles. The molecule has 15 heavy (non-hydrogen) atoms. The molecule has 2 nitrogen and oxygen atoms in total. The van der Waals surface area contributed by atoms with E-state index in [0.717, 1.165) is 11.1 Å². The van der Waals surface area contributed by atoms with Crippen molar-refractivity contribution in [3.05, 3.63) is 47.2 Å². The van der Waals surface area contributed by atoms with Crippen molar-refractivity contribution >= 4 is 11.6 Å². The van der Waals surface area contributed by atoms with Gasteiger partial charge in [-0.2, -0.15) is 0 Å². The number of aryl methyl sites for hydroxylation is 1. The van der Waals surface area contributed by atoms with E-state index in [-0.39, 0.29) is 5.75 Å². The van der Waals surface area contributed by atoms with Gasteiger partial charge in [0.15, 0.2) is 0 Å². The van der Waals surface area contributed by atoms with Gasteiger partial charge in [-0.15, -0.1) is 0 Å². The van der Waals surface area contributed by atoms with Crippen LogP contribution in [-0.2, 0) is 0 Å². The van der Waals surface area contributed by atoms with Gasteiger partial charge in [0, 0.05) is 28.5 Å². The Bertz CT molecular complexity index is 497. The lowest BCUT2D eigenvalue weighted by atomic mass is 10.0. The van der Waals surface area contributed by atoms with Gasteiger partial charge < -0.3 is 5.11 Å². The molecule has 2 rings (SSSR count). The van der Waals surface area contributed by atoms with Crippen molar-refractivity contribution < 1.29 is 5.11 Å². The molecule has 0 atom stereocenters. The molecular weight excluding hydrogens is 210 g/mol. The number of nitrogens with zero attached hydrogens (tertiary/aromatic N) is 1. The molecule has 0 saturated carbocycles. The zero-order valence-electron chi connectivity index (χ0n) is 8.24. The monoisotopic (exact) mass is 219 g/mol. The van der Waals surface area contributed by atoms with Crippen molar-refractivity contribution in [2.75, 3.05) is 0 Å². The maximum Gasteiger partial charge on any atom is 0.123 e. The van der Waals surface area contributed by atoms with E-state index in [2.05, 4.69) is 4.98 Å². The summed E-state index contributed by atoms with van der Waals surface area (Å²) in [6, 6.07) is 6.88. The van der Waals surface area contributed by atoms with Crippen LogP contribution < -0.4 is 0 Å². The van der Waals surface area contributed by atoms with Crippen molar-refractivity contribution in [2.24, 2.45) is 0 Å². The number of hydrogen-bond acceptors (Lipinski definition) is 2. The largest absolute Gasteiger partial charge is 0.507 e. The smallest absolute Gasteiger partial charge is 0.123 e. The second-order valence-corrected chi connectivity index (χ2v) is 3.79. The minimum Gasteiger partial charge on any atom is -0.507 e. The van der Waals surface area contributed by atoms with Gasteiger partial charge in [-0.25, -0.2) is 0 Å². The quantitative estimate of drug-likeness (QED) is 0.797. The fraction of sp³-hybridized carbons (Fsp3) is 0.0833. The van der Waals surface area contributed by atoms with Crippen LogP contribution in [0.1, 0.15) is 5.56 Å². The van der Waals surface area contributed by atoms with Gasteiger partial charge in [0.1, 0.15) is 5.75 Å². The number of pyridine rings is 1. The SMILES string of the molecule is Cc1ccncc1-c1cc(Cl)ccc1O. The third-order valence-electron chi connectivity index (χ3n) is 2.29. The van der Waals surface area contributed by atoms with Crippen LogP contribution in [0.4, 0.5) is 0 Å². The van der Waals surface area contributed by atoms with E-state index >= 15 is 0 Å². The molecule has 0 unspecified atom stereocenters. The molecule has 1 aromatic heterocycles. The molecule has 76 valence electrons. The van der Waals surface area contributed by atoms with Crippen LogP contribution in [0.5, 0.6) is 5.75 Å². The summed E-state index contributed by atoms with van der Waals surface area (Å²) < 4.78 is 0. The fourth-order valence-corrected chi connectivity index (χ4v) is 1.64. The van der Waals surface area contributed by atoms with E-state index in [9.17, 15) is 5.11 Å². The van der Waals surface area contributed by atoms with Gasteiger partial charge in [0.25, 0.3) is 0 Å². The van der Waals surface area contributed by atoms with Gasteiger partial charge in [0.05, 0.1) is 0 Å². The summed E-state index contributed by atoms with van der Waals surface area (Å²) in [6.07, 6.45) is 3.45. The zero-order chi connectivity index (χ0) is 10.8. The van der Waals surface area contributed by atoms with Crippen molar-refractivity contribution in [3.63, 3.8) is 0 Å². The second-order valence-electron chi connectivity index (χ2n) is 3.35. The molecule has 0 aliphatic carbocycles. The highest BCUT2D eigenvalue weighted by molar-refractivity contribution is 6.31. The van der Waals surface area contributed by atoms with Gasteiger partial charge in [-0.1, -0.05) is 11.6 Å². The van der Waals surface area contributed by atoms with Crippen molar-refractivity contribution in [3.8, 4) is 16.9 Å². The maximum absolute atomic E-state index is 9.73. The van der Waals surface area contributed by atoms with Crippen LogP contribution in [0.2, 0.25) is 5.02 Å². The maximum atomic E-state index is 9.73. The van der Waals surface area contributed by atoms with Crippen LogP contribution in [0, 0.1) is 6.92 Å². The fourth-order valence-electron chi connectivity index (χ4n) is 1.47. The number of aromatic nitrogens is 1. The lowest BCUT2D eigenvalue weighted by Gasteiger charge is -2.07. The molecule has 0 aliphatic heterocycles. The molecule has 0 fully saturated rings. The van der Waals surface area contributed by atoms with Crippen LogP contribution in [-0.4, -0.2) is 10.1 Å². The van der Waals surface area contributed by atoms with E-state index in [0.29, 0.717) is 10.6 Å². The summed E-state index contributed by atoms with van der Waals surface area (Å²) in [5.74, 6) is 0.218. The summed E-state index contributed by atoms with van der Waals surface area (Å²) in [4.78, 5) is 4.04. The predicted molar refractivity (Wildman–Crippen MR) is 61.1 cm³/mol. The second kappa shape index (κ2) is 3.91. The molecule has 1 heterocycles. The highest BCUT2D eigenvalue weighted by Crippen LogP contribution is 2.32. The first-order valence-electron chi connectivity index (χ1n) is 4.58. The van der Waals surface area contributed by atoms with Crippen LogP contribution in [0.25, 0.3) is 11.1 Å². The van der Waals surface area contributed by atoms with Gasteiger partial charge in [-0.3, -0.25) is 4.98 Å². The summed E-state index contributed by atoms with van der Waals surface area (Å²) in [6.45, 7) is 1.97. The topological polar surface area (TPSA) is 33.1 Å². The van der Waals surface area contributed by atoms with Crippen LogP contribution in [0.3, 0.4) is 0 Å². The summed E-state index contributed by atoms with van der Waals surface area (Å²) in [5, 5.41) is 10.3. The molecule has 3 heteroatoms. The Balaban J connectivity index is 2.64. The number of phenols is 1. The van der Waals surface area contributed by atoms with Crippen LogP contribution in [0.15, 0.2) is 36.7 Å². The molecule has 0 bridgehead atoms. The molecular formula is C12H10ClNO. The third kappa shape index (κ3) is 1.95. The lowest BCUT2D eigenvalue weighted by molar-refractivity contribution is 0.477. The van der Waals surface area contributed by atoms with E-state index in [1.165, 1.54) is 0 Å². The van der Waals surface area contributed by atoms with Gasteiger partial charge in [-0.05, 0) is 36.8 Å². The van der Waals surface area contributed by atoms with Crippen LogP contribution >= 0.6 is 11.6 Å². The Kier molecular flexibility index (Phi) is 2.60. The Labute approximate surface area is 93.2 Å². The molecule has 1 N–H and O–H groups in total. The average molecular weight is 220 g/mol. The number of hydrogen-bond donors (Lipinski definition) is 1. The van der Waals surface area contributed by atoms with Crippen molar-refractivity contribution in [1.29, 1.82) is 0 Å². The van der Waals surface area contributed by atoms with Crippen molar-refractivity contribution in [1.82, 2.24) is 4.98 Å². The first-order chi connectivity index (χ1) is 7.18. The number of aromatic hydroxyl groups is 1. The predicted octanol–water partition coefficient (Wildman–Crippen LogP) is 3.42. The Morgan fingerprint density at radius 2 is 2.00 bits per heavy atom. The van der Waals surface area contributed by atoms with E-state index < -0.39 is 0 Å². The molecule has 0 aliphatic rings. The highest BCUT2D eigenvalue weighted by Gasteiger charge is 2.07. The summed E-state index contributed by atoms with van der Waals surface area (Å²) in [5.41, 5.74) is 2.67. The normalized spacial score (nSPS) is 10.3. The third-order valence-corrected chi connectivity index (χ3v) is 2.52. The number of phenolic OH excluding ortho intramolecular Hbond substituents is 1. The zero-order valence-corrected chi connectivity index (χ0v) is 8.99. The molecule has 0 saturated heterocycles. The minimum absolute atomic E-state index is 0.218. The molecule has 0 spiro atoms. The Morgan fingerprint density at radius 3 is 2.73 bits per heavy atom. The molecule has 0 amide bonds. The average Bonchev–Trinajstić information content (AvgIpc) is 2.23. The van der Waals surface area contributed by atoms with Gasteiger partial charge in [0.2, 0.25) is 0 Å². The standard InChI is InChI=1S/C12H10ClNO/c1-8-4-5-14-7-11(8)10-6-9(13)2-3-12(10)15/h2-7,15H,1H3. The first-order valence-corrected chi connectivity index (χ1v) is 4.96. The van der Waals surface area contributed by atoms with E-state index in [1.807, 2.05) is 13.0 Å². The lowest BCUT2D eigenvalue weighted by Crippen LogP contribution is -1.85. The number of rotatable bonds is 1. The van der Waals surface area contributed by atoms with E-state index in [4.69, 9.17) is 11.6 Å². The number of benzene rings is 1. The molecule has 2 aromatic rings. The van der Waals surface area contributed by atoms with E-state index in [1.54, 1.807) is 30.6 Å². The van der Waals surface area contributed by atoms with Crippen molar-refractivity contribution in [2.45, 2.75) is 6.92 Å². The summed E-state index contributed by atoms with van der Waals surface area (Å²) in [7, 11) is 0. The molecule has 0 radical (unpaired) electrons. The Hall–Kier alpha value is -1.54.